The number of carbonyl (C=O) groups is 1. The summed E-state index contributed by atoms with van der Waals surface area (Å²) in [5.74, 6) is -0.0669. The minimum Gasteiger partial charge on any atom is -0.321 e. The van der Waals surface area contributed by atoms with Gasteiger partial charge in [0.25, 0.3) is 5.91 Å². The molecule has 0 atom stereocenters. The first kappa shape index (κ1) is 11.3. The number of amides is 1. The van der Waals surface area contributed by atoms with Gasteiger partial charge in [-0.1, -0.05) is 24.3 Å². The van der Waals surface area contributed by atoms with Crippen molar-refractivity contribution in [2.24, 2.45) is 0 Å². The topological polar surface area (TPSA) is 54.9 Å². The first-order chi connectivity index (χ1) is 9.81. The predicted molar refractivity (Wildman–Crippen MR) is 80.4 cm³/mol. The number of fused-ring (bicyclic) bond motifs is 2. The molecule has 0 fully saturated rings. The molecule has 96 valence electrons. The zero-order valence-electron chi connectivity index (χ0n) is 10.3. The highest BCUT2D eigenvalue weighted by molar-refractivity contribution is 7.00. The third kappa shape index (κ3) is 1.71. The fourth-order valence-corrected chi connectivity index (χ4v) is 2.86. The Hall–Kier alpha value is -2.53. The number of carbonyl (C=O) groups excluding carboxylic acids is 1. The molecule has 0 saturated carbocycles. The van der Waals surface area contributed by atoms with Gasteiger partial charge < -0.3 is 5.32 Å². The average Bonchev–Trinajstić information content (AvgIpc) is 3.04. The van der Waals surface area contributed by atoms with Crippen LogP contribution >= 0.6 is 11.7 Å². The van der Waals surface area contributed by atoms with Crippen molar-refractivity contribution in [3.8, 4) is 0 Å². The number of hydrogen-bond acceptors (Lipinski definition) is 4. The number of nitrogens with one attached hydrogen (secondary N) is 1. The first-order valence-electron chi connectivity index (χ1n) is 6.16. The lowest BCUT2D eigenvalue weighted by atomic mass is 10.0. The second-order valence-corrected chi connectivity index (χ2v) is 5.10. The highest BCUT2D eigenvalue weighted by Gasteiger charge is 2.23. The standard InChI is InChI=1S/C15H9N3OS/c19-15-11(10-3-1-2-4-12(10)16-15)7-9-5-6-13-14(8-9)18-20-17-13/h1-8H,(H,16,19)/b11-7-. The summed E-state index contributed by atoms with van der Waals surface area (Å²) >= 11 is 1.19. The zero-order valence-corrected chi connectivity index (χ0v) is 11.1. The molecule has 0 aliphatic carbocycles. The Labute approximate surface area is 119 Å². The predicted octanol–water partition coefficient (Wildman–Crippen LogP) is 3.18. The van der Waals surface area contributed by atoms with E-state index in [1.165, 1.54) is 11.7 Å². The van der Waals surface area contributed by atoms with Gasteiger partial charge >= 0.3 is 0 Å². The number of para-hydroxylation sites is 1. The van der Waals surface area contributed by atoms with Crippen molar-refractivity contribution in [2.45, 2.75) is 0 Å². The molecule has 1 N–H and O–H groups in total. The van der Waals surface area contributed by atoms with Crippen LogP contribution in [0.2, 0.25) is 0 Å². The molecule has 1 aliphatic heterocycles. The molecule has 0 unspecified atom stereocenters. The van der Waals surface area contributed by atoms with Crippen molar-refractivity contribution in [1.82, 2.24) is 8.75 Å². The fourth-order valence-electron chi connectivity index (χ4n) is 2.34. The summed E-state index contributed by atoms with van der Waals surface area (Å²) in [7, 11) is 0. The van der Waals surface area contributed by atoms with E-state index >= 15 is 0 Å². The van der Waals surface area contributed by atoms with Crippen molar-refractivity contribution >= 4 is 46.0 Å². The summed E-state index contributed by atoms with van der Waals surface area (Å²) in [5, 5.41) is 2.87. The van der Waals surface area contributed by atoms with Crippen LogP contribution in [-0.4, -0.2) is 14.7 Å². The Kier molecular flexibility index (Phi) is 2.40. The Balaban J connectivity index is 1.85. The summed E-state index contributed by atoms with van der Waals surface area (Å²) in [6, 6.07) is 13.5. The van der Waals surface area contributed by atoms with Crippen molar-refractivity contribution in [2.75, 3.05) is 5.32 Å². The van der Waals surface area contributed by atoms with Crippen LogP contribution in [0.4, 0.5) is 5.69 Å². The van der Waals surface area contributed by atoms with E-state index in [9.17, 15) is 4.79 Å². The maximum Gasteiger partial charge on any atom is 0.256 e. The molecular weight excluding hydrogens is 270 g/mol. The molecule has 0 radical (unpaired) electrons. The van der Waals surface area contributed by atoms with E-state index in [1.807, 2.05) is 48.5 Å². The SMILES string of the molecule is O=C1Nc2ccccc2/C1=C/c1ccc2nsnc2c1. The summed E-state index contributed by atoms with van der Waals surface area (Å²) < 4.78 is 8.39. The van der Waals surface area contributed by atoms with E-state index in [-0.39, 0.29) is 5.91 Å². The number of rotatable bonds is 1. The van der Waals surface area contributed by atoms with Gasteiger partial charge in [0.1, 0.15) is 11.0 Å². The van der Waals surface area contributed by atoms with Crippen molar-refractivity contribution in [3.05, 3.63) is 53.6 Å². The Morgan fingerprint density at radius 1 is 1.05 bits per heavy atom. The lowest BCUT2D eigenvalue weighted by molar-refractivity contribution is -0.110. The van der Waals surface area contributed by atoms with Gasteiger partial charge in [0.15, 0.2) is 0 Å². The molecule has 0 saturated heterocycles. The van der Waals surface area contributed by atoms with Crippen LogP contribution in [0.5, 0.6) is 0 Å². The van der Waals surface area contributed by atoms with Gasteiger partial charge in [0.2, 0.25) is 0 Å². The van der Waals surface area contributed by atoms with Crippen LogP contribution in [0.3, 0.4) is 0 Å². The summed E-state index contributed by atoms with van der Waals surface area (Å²) in [5.41, 5.74) is 5.17. The molecule has 20 heavy (non-hydrogen) atoms. The van der Waals surface area contributed by atoms with Crippen LogP contribution in [0.15, 0.2) is 42.5 Å². The molecule has 2 aromatic carbocycles. The van der Waals surface area contributed by atoms with Gasteiger partial charge in [-0.25, -0.2) is 0 Å². The minimum absolute atomic E-state index is 0.0669. The van der Waals surface area contributed by atoms with Gasteiger partial charge in [0, 0.05) is 16.8 Å². The summed E-state index contributed by atoms with van der Waals surface area (Å²) in [6.07, 6.45) is 1.89. The van der Waals surface area contributed by atoms with E-state index < -0.39 is 0 Å². The molecule has 5 heteroatoms. The second kappa shape index (κ2) is 4.25. The highest BCUT2D eigenvalue weighted by atomic mass is 32.1. The molecule has 4 rings (SSSR count). The molecule has 1 aliphatic rings. The number of nitrogens with zero attached hydrogens (tertiary/aromatic N) is 2. The number of aromatic nitrogens is 2. The highest BCUT2D eigenvalue weighted by Crippen LogP contribution is 2.32. The average molecular weight is 279 g/mol. The molecule has 1 aromatic heterocycles. The molecule has 0 spiro atoms. The number of benzene rings is 2. The van der Waals surface area contributed by atoms with E-state index in [0.717, 1.165) is 27.8 Å². The van der Waals surface area contributed by atoms with E-state index in [1.54, 1.807) is 0 Å². The largest absolute Gasteiger partial charge is 0.321 e. The molecule has 0 bridgehead atoms. The lowest BCUT2D eigenvalue weighted by Crippen LogP contribution is -2.03. The smallest absolute Gasteiger partial charge is 0.256 e. The summed E-state index contributed by atoms with van der Waals surface area (Å²) in [4.78, 5) is 12.0. The normalized spacial score (nSPS) is 15.6. The van der Waals surface area contributed by atoms with Gasteiger partial charge in [-0.3, -0.25) is 4.79 Å². The fraction of sp³-hybridized carbons (Fsp3) is 0. The number of hydrogen-bond donors (Lipinski definition) is 1. The third-order valence-corrected chi connectivity index (χ3v) is 3.86. The molecule has 4 nitrogen and oxygen atoms in total. The molecule has 1 amide bonds. The van der Waals surface area contributed by atoms with E-state index in [2.05, 4.69) is 14.1 Å². The van der Waals surface area contributed by atoms with E-state index in [0.29, 0.717) is 5.57 Å². The molecule has 2 heterocycles. The molecule has 3 aromatic rings. The van der Waals surface area contributed by atoms with Gasteiger partial charge in [-0.2, -0.15) is 8.75 Å². The minimum atomic E-state index is -0.0669. The van der Waals surface area contributed by atoms with Crippen LogP contribution in [0, 0.1) is 0 Å². The second-order valence-electron chi connectivity index (χ2n) is 4.57. The van der Waals surface area contributed by atoms with Crippen LogP contribution in [-0.2, 0) is 4.79 Å². The van der Waals surface area contributed by atoms with Gasteiger partial charge in [-0.15, -0.1) is 0 Å². The van der Waals surface area contributed by atoms with Crippen LogP contribution in [0.1, 0.15) is 11.1 Å². The quantitative estimate of drug-likeness (QED) is 0.696. The maximum absolute atomic E-state index is 12.0. The first-order valence-corrected chi connectivity index (χ1v) is 6.89. The van der Waals surface area contributed by atoms with E-state index in [4.69, 9.17) is 0 Å². The lowest BCUT2D eigenvalue weighted by Gasteiger charge is -1.98. The monoisotopic (exact) mass is 279 g/mol. The molecular formula is C15H9N3OS. The van der Waals surface area contributed by atoms with Crippen molar-refractivity contribution in [1.29, 1.82) is 0 Å². The summed E-state index contributed by atoms with van der Waals surface area (Å²) in [6.45, 7) is 0. The maximum atomic E-state index is 12.0. The van der Waals surface area contributed by atoms with Crippen molar-refractivity contribution < 1.29 is 4.79 Å². The van der Waals surface area contributed by atoms with Crippen molar-refractivity contribution in [3.63, 3.8) is 0 Å². The Bertz CT molecular complexity index is 866. The number of anilines is 1. The van der Waals surface area contributed by atoms with Gasteiger partial charge in [-0.05, 0) is 29.8 Å². The van der Waals surface area contributed by atoms with Crippen LogP contribution in [0.25, 0.3) is 22.7 Å². The zero-order chi connectivity index (χ0) is 13.5. The van der Waals surface area contributed by atoms with Gasteiger partial charge in [0.05, 0.1) is 11.7 Å². The van der Waals surface area contributed by atoms with Crippen LogP contribution < -0.4 is 5.32 Å². The Morgan fingerprint density at radius 2 is 1.90 bits per heavy atom. The Morgan fingerprint density at radius 3 is 2.85 bits per heavy atom. The third-order valence-electron chi connectivity index (χ3n) is 3.30.